The SMILES string of the molecule is S=C=NCOc1cc(Cl)cc(-c2ccccc2)c1. The van der Waals surface area contributed by atoms with E-state index < -0.39 is 0 Å². The summed E-state index contributed by atoms with van der Waals surface area (Å²) in [6.07, 6.45) is 0. The van der Waals surface area contributed by atoms with Gasteiger partial charge in [-0.15, -0.1) is 0 Å². The van der Waals surface area contributed by atoms with Gasteiger partial charge in [0.2, 0.25) is 0 Å². The van der Waals surface area contributed by atoms with Crippen molar-refractivity contribution in [3.8, 4) is 16.9 Å². The van der Waals surface area contributed by atoms with Crippen molar-refractivity contribution in [3.05, 3.63) is 53.6 Å². The van der Waals surface area contributed by atoms with E-state index in [-0.39, 0.29) is 6.73 Å². The molecule has 0 atom stereocenters. The van der Waals surface area contributed by atoms with Gasteiger partial charge in [-0.3, -0.25) is 0 Å². The van der Waals surface area contributed by atoms with Crippen LogP contribution in [0.15, 0.2) is 53.5 Å². The Morgan fingerprint density at radius 1 is 1.11 bits per heavy atom. The van der Waals surface area contributed by atoms with E-state index in [1.165, 1.54) is 0 Å². The van der Waals surface area contributed by atoms with Crippen LogP contribution in [0.3, 0.4) is 0 Å². The van der Waals surface area contributed by atoms with Crippen LogP contribution in [0.25, 0.3) is 11.1 Å². The highest BCUT2D eigenvalue weighted by Gasteiger charge is 2.02. The Hall–Kier alpha value is -1.67. The maximum Gasteiger partial charge on any atom is 0.188 e. The lowest BCUT2D eigenvalue weighted by molar-refractivity contribution is 0.332. The van der Waals surface area contributed by atoms with Crippen molar-refractivity contribution in [2.45, 2.75) is 0 Å². The van der Waals surface area contributed by atoms with Crippen LogP contribution in [-0.4, -0.2) is 11.9 Å². The summed E-state index contributed by atoms with van der Waals surface area (Å²) in [4.78, 5) is 3.70. The summed E-state index contributed by atoms with van der Waals surface area (Å²) in [5, 5.41) is 2.87. The molecule has 2 rings (SSSR count). The van der Waals surface area contributed by atoms with Crippen LogP contribution in [0.2, 0.25) is 5.02 Å². The highest BCUT2D eigenvalue weighted by molar-refractivity contribution is 7.78. The predicted octanol–water partition coefficient (Wildman–Crippen LogP) is 4.45. The summed E-state index contributed by atoms with van der Waals surface area (Å²) >= 11 is 10.5. The molecule has 18 heavy (non-hydrogen) atoms. The fourth-order valence-corrected chi connectivity index (χ4v) is 1.85. The second-order valence-electron chi connectivity index (χ2n) is 3.56. The normalized spacial score (nSPS) is 9.61. The molecule has 0 bridgehead atoms. The van der Waals surface area contributed by atoms with Gasteiger partial charge in [0.15, 0.2) is 6.73 Å². The average Bonchev–Trinajstić information content (AvgIpc) is 2.39. The minimum absolute atomic E-state index is 0.151. The van der Waals surface area contributed by atoms with E-state index in [0.717, 1.165) is 11.1 Å². The Balaban J connectivity index is 2.29. The Morgan fingerprint density at radius 3 is 2.61 bits per heavy atom. The highest BCUT2D eigenvalue weighted by atomic mass is 35.5. The third-order valence-electron chi connectivity index (χ3n) is 2.34. The first kappa shape index (κ1) is 12.8. The number of hydrogen-bond acceptors (Lipinski definition) is 3. The van der Waals surface area contributed by atoms with Gasteiger partial charge >= 0.3 is 0 Å². The zero-order chi connectivity index (χ0) is 12.8. The van der Waals surface area contributed by atoms with E-state index in [9.17, 15) is 0 Å². The van der Waals surface area contributed by atoms with Gasteiger partial charge in [-0.25, -0.2) is 0 Å². The third kappa shape index (κ3) is 3.41. The number of rotatable bonds is 4. The molecule has 2 aromatic carbocycles. The molecule has 0 saturated heterocycles. The van der Waals surface area contributed by atoms with Crippen molar-refractivity contribution >= 4 is 29.0 Å². The molecular formula is C14H10ClNOS. The first-order valence-electron chi connectivity index (χ1n) is 5.32. The predicted molar refractivity (Wildman–Crippen MR) is 77.4 cm³/mol. The molecule has 0 unspecified atom stereocenters. The third-order valence-corrected chi connectivity index (χ3v) is 2.69. The Morgan fingerprint density at radius 2 is 1.89 bits per heavy atom. The van der Waals surface area contributed by atoms with Crippen LogP contribution >= 0.6 is 23.8 Å². The van der Waals surface area contributed by atoms with Crippen LogP contribution in [0, 0.1) is 0 Å². The molecule has 0 N–H and O–H groups in total. The topological polar surface area (TPSA) is 21.6 Å². The first-order valence-corrected chi connectivity index (χ1v) is 6.10. The summed E-state index contributed by atoms with van der Waals surface area (Å²) in [6.45, 7) is 0.151. The maximum absolute atomic E-state index is 6.07. The molecule has 90 valence electrons. The maximum atomic E-state index is 6.07. The smallest absolute Gasteiger partial charge is 0.188 e. The second kappa shape index (κ2) is 6.31. The van der Waals surface area contributed by atoms with Gasteiger partial charge in [0.1, 0.15) is 5.75 Å². The quantitative estimate of drug-likeness (QED) is 0.607. The van der Waals surface area contributed by atoms with E-state index >= 15 is 0 Å². The van der Waals surface area contributed by atoms with Crippen LogP contribution < -0.4 is 4.74 Å². The van der Waals surface area contributed by atoms with Crippen molar-refractivity contribution < 1.29 is 4.74 Å². The Labute approximate surface area is 116 Å². The number of ether oxygens (including phenoxy) is 1. The van der Waals surface area contributed by atoms with Crippen molar-refractivity contribution in [1.29, 1.82) is 0 Å². The second-order valence-corrected chi connectivity index (χ2v) is 4.18. The fourth-order valence-electron chi connectivity index (χ4n) is 1.58. The van der Waals surface area contributed by atoms with Gasteiger partial charge in [0, 0.05) is 5.02 Å². The molecule has 0 amide bonds. The zero-order valence-electron chi connectivity index (χ0n) is 9.47. The van der Waals surface area contributed by atoms with Crippen LogP contribution in [0.1, 0.15) is 0 Å². The van der Waals surface area contributed by atoms with Crippen LogP contribution in [0.5, 0.6) is 5.75 Å². The van der Waals surface area contributed by atoms with Gasteiger partial charge < -0.3 is 4.74 Å². The van der Waals surface area contributed by atoms with E-state index in [0.29, 0.717) is 10.8 Å². The molecule has 0 aromatic heterocycles. The summed E-state index contributed by atoms with van der Waals surface area (Å²) < 4.78 is 5.41. The van der Waals surface area contributed by atoms with Crippen molar-refractivity contribution in [3.63, 3.8) is 0 Å². The highest BCUT2D eigenvalue weighted by Crippen LogP contribution is 2.28. The minimum atomic E-state index is 0.151. The summed E-state index contributed by atoms with van der Waals surface area (Å²) in [5.74, 6) is 0.662. The fraction of sp³-hybridized carbons (Fsp3) is 0.0714. The van der Waals surface area contributed by atoms with Crippen molar-refractivity contribution in [2.24, 2.45) is 4.99 Å². The van der Waals surface area contributed by atoms with E-state index in [4.69, 9.17) is 16.3 Å². The van der Waals surface area contributed by atoms with Crippen molar-refractivity contribution in [1.82, 2.24) is 0 Å². The number of thiocarbonyl (C=S) groups is 1. The summed E-state index contributed by atoms with van der Waals surface area (Å²) in [7, 11) is 0. The molecule has 0 heterocycles. The number of benzene rings is 2. The molecule has 0 radical (unpaired) electrons. The number of halogens is 1. The molecular weight excluding hydrogens is 266 g/mol. The lowest BCUT2D eigenvalue weighted by Gasteiger charge is -2.07. The molecule has 2 nitrogen and oxygen atoms in total. The molecule has 0 fully saturated rings. The molecule has 0 aliphatic heterocycles. The number of isothiocyanates is 1. The van der Waals surface area contributed by atoms with E-state index in [1.807, 2.05) is 42.5 Å². The van der Waals surface area contributed by atoms with Gasteiger partial charge in [0.25, 0.3) is 0 Å². The monoisotopic (exact) mass is 275 g/mol. The molecule has 2 aromatic rings. The van der Waals surface area contributed by atoms with Crippen molar-refractivity contribution in [2.75, 3.05) is 6.73 Å². The lowest BCUT2D eigenvalue weighted by Crippen LogP contribution is -1.93. The molecule has 0 aliphatic carbocycles. The standard InChI is InChI=1S/C14H10ClNOS/c15-13-6-12(11-4-2-1-3-5-11)7-14(8-13)17-9-16-10-18/h1-8H,9H2. The van der Waals surface area contributed by atoms with Gasteiger partial charge in [0.05, 0.1) is 5.16 Å². The Bertz CT molecular complexity index is 580. The van der Waals surface area contributed by atoms with Gasteiger partial charge in [-0.2, -0.15) is 4.99 Å². The van der Waals surface area contributed by atoms with E-state index in [2.05, 4.69) is 22.4 Å². The average molecular weight is 276 g/mol. The molecule has 0 spiro atoms. The van der Waals surface area contributed by atoms with Crippen LogP contribution in [0.4, 0.5) is 0 Å². The Kier molecular flexibility index (Phi) is 4.48. The van der Waals surface area contributed by atoms with Gasteiger partial charge in [-0.05, 0) is 41.5 Å². The summed E-state index contributed by atoms with van der Waals surface area (Å²) in [5.41, 5.74) is 2.09. The number of hydrogen-bond donors (Lipinski definition) is 0. The minimum Gasteiger partial charge on any atom is -0.471 e. The molecule has 0 aliphatic rings. The van der Waals surface area contributed by atoms with Gasteiger partial charge in [-0.1, -0.05) is 41.9 Å². The number of nitrogens with zero attached hydrogens (tertiary/aromatic N) is 1. The zero-order valence-corrected chi connectivity index (χ0v) is 11.0. The first-order chi connectivity index (χ1) is 8.79. The van der Waals surface area contributed by atoms with E-state index in [1.54, 1.807) is 6.07 Å². The molecule has 0 saturated carbocycles. The summed E-state index contributed by atoms with van der Waals surface area (Å²) in [6, 6.07) is 15.5. The number of aliphatic imine (C=N–C) groups is 1. The largest absolute Gasteiger partial charge is 0.471 e. The molecule has 4 heteroatoms. The van der Waals surface area contributed by atoms with Crippen LogP contribution in [-0.2, 0) is 0 Å². The lowest BCUT2D eigenvalue weighted by atomic mass is 10.1.